The minimum Gasteiger partial charge on any atom is -0.491 e. The van der Waals surface area contributed by atoms with E-state index in [1.54, 1.807) is 37.3 Å². The van der Waals surface area contributed by atoms with Crippen LogP contribution in [-0.2, 0) is 4.74 Å². The molecule has 0 saturated carbocycles. The van der Waals surface area contributed by atoms with Crippen molar-refractivity contribution in [2.24, 2.45) is 5.92 Å². The van der Waals surface area contributed by atoms with Gasteiger partial charge in [0, 0.05) is 51.1 Å². The fraction of sp³-hybridized carbons (Fsp3) is 0.636. The second-order valence-electron chi connectivity index (χ2n) is 8.50. The van der Waals surface area contributed by atoms with E-state index in [1.165, 1.54) is 0 Å². The van der Waals surface area contributed by atoms with Crippen LogP contribution < -0.4 is 15.4 Å². The minimum absolute atomic E-state index is 0.0215. The maximum atomic E-state index is 13.1. The van der Waals surface area contributed by atoms with Crippen LogP contribution in [-0.4, -0.2) is 80.8 Å². The number of carbonyl (C=O) groups is 2. The Bertz CT molecular complexity index is 740. The van der Waals surface area contributed by atoms with E-state index in [2.05, 4.69) is 36.4 Å². The summed E-state index contributed by atoms with van der Waals surface area (Å²) < 4.78 is 11.7. The van der Waals surface area contributed by atoms with Crippen LogP contribution in [0.15, 0.2) is 18.2 Å². The summed E-state index contributed by atoms with van der Waals surface area (Å²) in [5.74, 6) is 0.568. The van der Waals surface area contributed by atoms with Gasteiger partial charge in [0.1, 0.15) is 12.4 Å². The molecule has 2 N–H and O–H groups in total. The molecule has 3 amide bonds. The lowest BCUT2D eigenvalue weighted by Gasteiger charge is -2.34. The Kier molecular flexibility index (Phi) is 8.49. The number of nitrogens with one attached hydrogen (secondary N) is 2. The van der Waals surface area contributed by atoms with Crippen molar-refractivity contribution in [1.82, 2.24) is 15.1 Å². The zero-order valence-electron chi connectivity index (χ0n) is 19.2. The molecule has 168 valence electrons. The lowest BCUT2D eigenvalue weighted by Crippen LogP contribution is -2.45. The molecule has 0 fully saturated rings. The fourth-order valence-electron chi connectivity index (χ4n) is 3.46. The first-order valence-electron chi connectivity index (χ1n) is 10.4. The predicted molar refractivity (Wildman–Crippen MR) is 118 cm³/mol. The quantitative estimate of drug-likeness (QED) is 0.786. The van der Waals surface area contributed by atoms with Gasteiger partial charge in [-0.2, -0.15) is 0 Å². The van der Waals surface area contributed by atoms with Crippen molar-refractivity contribution in [3.05, 3.63) is 23.8 Å². The number of carbonyl (C=O) groups excluding carboxylic acids is 2. The third-order valence-electron chi connectivity index (χ3n) is 5.44. The van der Waals surface area contributed by atoms with Crippen LogP contribution in [0.25, 0.3) is 0 Å². The highest BCUT2D eigenvalue weighted by atomic mass is 16.5. The highest BCUT2D eigenvalue weighted by Crippen LogP contribution is 2.26. The molecule has 0 bridgehead atoms. The Labute approximate surface area is 179 Å². The maximum Gasteiger partial charge on any atom is 0.319 e. The van der Waals surface area contributed by atoms with Crippen LogP contribution in [0, 0.1) is 5.92 Å². The summed E-state index contributed by atoms with van der Waals surface area (Å²) in [6.45, 7) is 9.74. The number of nitrogens with zero attached hydrogens (tertiary/aromatic N) is 2. The van der Waals surface area contributed by atoms with Crippen molar-refractivity contribution in [2.45, 2.75) is 45.9 Å². The molecule has 0 unspecified atom stereocenters. The van der Waals surface area contributed by atoms with Gasteiger partial charge in [-0.1, -0.05) is 6.92 Å². The number of rotatable bonds is 3. The second kappa shape index (κ2) is 10.6. The number of amides is 3. The summed E-state index contributed by atoms with van der Waals surface area (Å²) in [5.41, 5.74) is 1.03. The summed E-state index contributed by atoms with van der Waals surface area (Å²) in [6, 6.07) is 4.98. The number of benzene rings is 1. The molecule has 0 aliphatic carbocycles. The van der Waals surface area contributed by atoms with Crippen molar-refractivity contribution in [2.75, 3.05) is 46.2 Å². The monoisotopic (exact) mass is 420 g/mol. The summed E-state index contributed by atoms with van der Waals surface area (Å²) >= 11 is 0. The van der Waals surface area contributed by atoms with Gasteiger partial charge in [-0.15, -0.1) is 0 Å². The standard InChI is InChI=1S/C22H36N4O4/c1-14(2)23-22(28)24-17-8-9-18-19(10-17)30-13-16(4)25(5)11-15(3)20(29-7)12-26(6)21(18)27/h8-10,14-16,20H,11-13H2,1-7H3,(H2,23,24,28)/t15-,16+,20+/m0/s1. The molecule has 2 rings (SSSR count). The topological polar surface area (TPSA) is 83.1 Å². The van der Waals surface area contributed by atoms with Gasteiger partial charge >= 0.3 is 6.03 Å². The first kappa shape index (κ1) is 24.0. The molecule has 0 radical (unpaired) electrons. The molecule has 1 heterocycles. The van der Waals surface area contributed by atoms with Crippen LogP contribution in [0.4, 0.5) is 10.5 Å². The van der Waals surface area contributed by atoms with Gasteiger partial charge in [-0.05, 0) is 45.9 Å². The number of methoxy groups -OCH3 is 1. The van der Waals surface area contributed by atoms with Gasteiger partial charge in [0.05, 0.1) is 11.7 Å². The van der Waals surface area contributed by atoms with Gasteiger partial charge in [-0.3, -0.25) is 9.69 Å². The Morgan fingerprint density at radius 1 is 1.23 bits per heavy atom. The minimum atomic E-state index is -0.299. The maximum absolute atomic E-state index is 13.1. The normalized spacial score (nSPS) is 23.8. The fourth-order valence-corrected chi connectivity index (χ4v) is 3.46. The van der Waals surface area contributed by atoms with Crippen LogP contribution in [0.3, 0.4) is 0 Å². The molecule has 30 heavy (non-hydrogen) atoms. The number of hydrogen-bond acceptors (Lipinski definition) is 5. The molecule has 0 aromatic heterocycles. The van der Waals surface area contributed by atoms with E-state index < -0.39 is 0 Å². The lowest BCUT2D eigenvalue weighted by atomic mass is 10.0. The number of urea groups is 1. The number of fused-ring (bicyclic) bond motifs is 1. The van der Waals surface area contributed by atoms with Gasteiger partial charge in [0.2, 0.25) is 0 Å². The van der Waals surface area contributed by atoms with E-state index in [0.717, 1.165) is 6.54 Å². The molecular weight excluding hydrogens is 384 g/mol. The van der Waals surface area contributed by atoms with E-state index in [0.29, 0.717) is 30.2 Å². The van der Waals surface area contributed by atoms with Crippen molar-refractivity contribution < 1.29 is 19.1 Å². The van der Waals surface area contributed by atoms with E-state index >= 15 is 0 Å². The highest BCUT2D eigenvalue weighted by Gasteiger charge is 2.27. The van der Waals surface area contributed by atoms with Gasteiger partial charge < -0.3 is 25.0 Å². The zero-order valence-corrected chi connectivity index (χ0v) is 19.2. The van der Waals surface area contributed by atoms with E-state index in [-0.39, 0.29) is 36.0 Å². The molecule has 1 aliphatic heterocycles. The average Bonchev–Trinajstić information content (AvgIpc) is 2.67. The highest BCUT2D eigenvalue weighted by molar-refractivity contribution is 5.98. The third-order valence-corrected chi connectivity index (χ3v) is 5.44. The van der Waals surface area contributed by atoms with Crippen molar-refractivity contribution in [1.29, 1.82) is 0 Å². The van der Waals surface area contributed by atoms with Crippen molar-refractivity contribution in [3.63, 3.8) is 0 Å². The molecule has 0 saturated heterocycles. The summed E-state index contributed by atoms with van der Waals surface area (Å²) in [6.07, 6.45) is -0.0712. The largest absolute Gasteiger partial charge is 0.491 e. The zero-order chi connectivity index (χ0) is 22.4. The molecule has 1 aliphatic rings. The predicted octanol–water partition coefficient (Wildman–Crippen LogP) is 2.65. The first-order valence-corrected chi connectivity index (χ1v) is 10.4. The Balaban J connectivity index is 2.34. The Morgan fingerprint density at radius 2 is 1.93 bits per heavy atom. The molecule has 8 nitrogen and oxygen atoms in total. The number of anilines is 1. The smallest absolute Gasteiger partial charge is 0.319 e. The summed E-state index contributed by atoms with van der Waals surface area (Å²) in [4.78, 5) is 29.1. The first-order chi connectivity index (χ1) is 14.1. The van der Waals surface area contributed by atoms with Crippen LogP contribution in [0.2, 0.25) is 0 Å². The Morgan fingerprint density at radius 3 is 2.57 bits per heavy atom. The third kappa shape index (κ3) is 6.34. The van der Waals surface area contributed by atoms with Crippen molar-refractivity contribution in [3.8, 4) is 5.75 Å². The van der Waals surface area contributed by atoms with E-state index in [4.69, 9.17) is 9.47 Å². The Hall–Kier alpha value is -2.32. The van der Waals surface area contributed by atoms with E-state index in [1.807, 2.05) is 13.8 Å². The molecule has 3 atom stereocenters. The molecule has 0 spiro atoms. The summed E-state index contributed by atoms with van der Waals surface area (Å²) in [7, 11) is 5.52. The van der Waals surface area contributed by atoms with Crippen molar-refractivity contribution >= 4 is 17.6 Å². The number of likely N-dealkylation sites (N-methyl/N-ethyl adjacent to an activating group) is 2. The summed E-state index contributed by atoms with van der Waals surface area (Å²) in [5, 5.41) is 5.58. The molecule has 8 heteroatoms. The van der Waals surface area contributed by atoms with E-state index in [9.17, 15) is 9.59 Å². The van der Waals surface area contributed by atoms with Gasteiger partial charge in [0.25, 0.3) is 5.91 Å². The van der Waals surface area contributed by atoms with Crippen LogP contribution in [0.5, 0.6) is 5.75 Å². The lowest BCUT2D eigenvalue weighted by molar-refractivity contribution is 0.0150. The average molecular weight is 421 g/mol. The van der Waals surface area contributed by atoms with Gasteiger partial charge in [-0.25, -0.2) is 4.79 Å². The van der Waals surface area contributed by atoms with Gasteiger partial charge in [0.15, 0.2) is 0 Å². The second-order valence-corrected chi connectivity index (χ2v) is 8.50. The number of hydrogen-bond donors (Lipinski definition) is 2. The molecule has 1 aromatic rings. The SMILES string of the molecule is CO[C@@H]1CN(C)C(=O)c2ccc(NC(=O)NC(C)C)cc2OC[C@@H](C)N(C)C[C@@H]1C. The molecular formula is C22H36N4O4. The number of ether oxygens (including phenoxy) is 2. The van der Waals surface area contributed by atoms with Crippen LogP contribution in [0.1, 0.15) is 38.1 Å². The molecule has 1 aromatic carbocycles. The van der Waals surface area contributed by atoms with Crippen LogP contribution >= 0.6 is 0 Å².